The van der Waals surface area contributed by atoms with Crippen LogP contribution in [0, 0.1) is 6.92 Å². The molecule has 3 nitrogen and oxygen atoms in total. The van der Waals surface area contributed by atoms with Gasteiger partial charge in [0.25, 0.3) is 0 Å². The van der Waals surface area contributed by atoms with Gasteiger partial charge in [-0.1, -0.05) is 11.6 Å². The second-order valence-corrected chi connectivity index (χ2v) is 5.21. The van der Waals surface area contributed by atoms with Crippen LogP contribution >= 0.6 is 0 Å². The number of methoxy groups -OCH3 is 2. The molecule has 0 amide bonds. The zero-order valence-electron chi connectivity index (χ0n) is 11.4. The van der Waals surface area contributed by atoms with Gasteiger partial charge in [-0.2, -0.15) is 0 Å². The fraction of sp³-hybridized carbons (Fsp3) is 0.600. The van der Waals surface area contributed by atoms with E-state index >= 15 is 0 Å². The number of rotatable bonds is 5. The lowest BCUT2D eigenvalue weighted by molar-refractivity contribution is -0.100. The maximum Gasteiger partial charge on any atom is 0.124 e. The maximum absolute atomic E-state index is 10.4. The Balaban J connectivity index is 2.17. The number of hydrogen-bond donors (Lipinski definition) is 1. The van der Waals surface area contributed by atoms with Crippen LogP contribution in [0.25, 0.3) is 0 Å². The van der Waals surface area contributed by atoms with Gasteiger partial charge in [0.2, 0.25) is 0 Å². The molecule has 100 valence electrons. The van der Waals surface area contributed by atoms with Crippen LogP contribution in [0.15, 0.2) is 18.2 Å². The molecule has 3 heteroatoms. The first-order valence-corrected chi connectivity index (χ1v) is 6.48. The van der Waals surface area contributed by atoms with Crippen molar-refractivity contribution in [2.45, 2.75) is 44.3 Å². The number of benzene rings is 1. The van der Waals surface area contributed by atoms with Crippen LogP contribution in [0.3, 0.4) is 0 Å². The zero-order valence-corrected chi connectivity index (χ0v) is 11.4. The predicted molar refractivity (Wildman–Crippen MR) is 70.9 cm³/mol. The maximum atomic E-state index is 10.4. The third kappa shape index (κ3) is 2.52. The van der Waals surface area contributed by atoms with Crippen molar-refractivity contribution in [1.29, 1.82) is 0 Å². The van der Waals surface area contributed by atoms with Gasteiger partial charge in [0.05, 0.1) is 18.8 Å². The molecule has 1 atom stereocenters. The van der Waals surface area contributed by atoms with E-state index in [1.807, 2.05) is 25.1 Å². The fourth-order valence-corrected chi connectivity index (χ4v) is 2.64. The highest BCUT2D eigenvalue weighted by Crippen LogP contribution is 2.43. The summed E-state index contributed by atoms with van der Waals surface area (Å²) in [5.41, 5.74) is 1.86. The van der Waals surface area contributed by atoms with Gasteiger partial charge in [-0.25, -0.2) is 0 Å². The highest BCUT2D eigenvalue weighted by Gasteiger charge is 2.39. The van der Waals surface area contributed by atoms with Gasteiger partial charge in [0, 0.05) is 19.1 Å². The zero-order chi connectivity index (χ0) is 13.2. The van der Waals surface area contributed by atoms with E-state index in [1.54, 1.807) is 14.2 Å². The normalized spacial score (nSPS) is 19.1. The number of ether oxygens (including phenoxy) is 2. The Morgan fingerprint density at radius 1 is 1.33 bits per heavy atom. The Bertz CT molecular complexity index is 405. The lowest BCUT2D eigenvalue weighted by Crippen LogP contribution is -2.40. The standard InChI is InChI=1S/C15H22O3/c1-11-5-6-14(17-2)12(9-11)13(16)10-15(18-3)7-4-8-15/h5-6,9,13,16H,4,7-8,10H2,1-3H3. The van der Waals surface area contributed by atoms with E-state index in [1.165, 1.54) is 6.42 Å². The molecule has 1 aromatic carbocycles. The number of aryl methyl sites for hydroxylation is 1. The van der Waals surface area contributed by atoms with Gasteiger partial charge in [-0.15, -0.1) is 0 Å². The summed E-state index contributed by atoms with van der Waals surface area (Å²) in [6.45, 7) is 2.02. The van der Waals surface area contributed by atoms with Gasteiger partial charge >= 0.3 is 0 Å². The molecule has 1 N–H and O–H groups in total. The molecular formula is C15H22O3. The third-order valence-corrected chi connectivity index (χ3v) is 4.01. The minimum Gasteiger partial charge on any atom is -0.496 e. The van der Waals surface area contributed by atoms with Crippen LogP contribution in [0.1, 0.15) is 42.9 Å². The molecule has 0 heterocycles. The molecule has 0 saturated heterocycles. The topological polar surface area (TPSA) is 38.7 Å². The van der Waals surface area contributed by atoms with Crippen molar-refractivity contribution in [2.75, 3.05) is 14.2 Å². The molecule has 18 heavy (non-hydrogen) atoms. The Labute approximate surface area is 109 Å². The fourth-order valence-electron chi connectivity index (χ4n) is 2.64. The molecule has 2 rings (SSSR count). The molecule has 0 radical (unpaired) electrons. The number of hydrogen-bond acceptors (Lipinski definition) is 3. The molecule has 0 aliphatic heterocycles. The van der Waals surface area contributed by atoms with Crippen LogP contribution in [0.5, 0.6) is 5.75 Å². The summed E-state index contributed by atoms with van der Waals surface area (Å²) < 4.78 is 10.9. The summed E-state index contributed by atoms with van der Waals surface area (Å²) in [5.74, 6) is 0.749. The van der Waals surface area contributed by atoms with Crippen molar-refractivity contribution in [2.24, 2.45) is 0 Å². The van der Waals surface area contributed by atoms with E-state index in [2.05, 4.69) is 0 Å². The van der Waals surface area contributed by atoms with Gasteiger partial charge in [0.15, 0.2) is 0 Å². The molecular weight excluding hydrogens is 228 g/mol. The van der Waals surface area contributed by atoms with Gasteiger partial charge in [0.1, 0.15) is 5.75 Å². The molecule has 1 fully saturated rings. The molecule has 1 saturated carbocycles. The van der Waals surface area contributed by atoms with Crippen LogP contribution in [-0.4, -0.2) is 24.9 Å². The lowest BCUT2D eigenvalue weighted by atomic mass is 9.75. The van der Waals surface area contributed by atoms with Gasteiger partial charge in [-0.3, -0.25) is 0 Å². The summed E-state index contributed by atoms with van der Waals surface area (Å²) in [6.07, 6.45) is 3.37. The first-order valence-electron chi connectivity index (χ1n) is 6.48. The largest absolute Gasteiger partial charge is 0.496 e. The molecule has 0 bridgehead atoms. The molecule has 1 aliphatic carbocycles. The SMILES string of the molecule is COc1ccc(C)cc1C(O)CC1(OC)CCC1. The van der Waals surface area contributed by atoms with E-state index < -0.39 is 6.10 Å². The number of aliphatic hydroxyl groups excluding tert-OH is 1. The van der Waals surface area contributed by atoms with Crippen LogP contribution in [0.4, 0.5) is 0 Å². The summed E-state index contributed by atoms with van der Waals surface area (Å²) >= 11 is 0. The highest BCUT2D eigenvalue weighted by atomic mass is 16.5. The molecule has 0 spiro atoms. The average molecular weight is 250 g/mol. The number of aliphatic hydroxyl groups is 1. The van der Waals surface area contributed by atoms with Crippen molar-refractivity contribution in [3.05, 3.63) is 29.3 Å². The second-order valence-electron chi connectivity index (χ2n) is 5.21. The first kappa shape index (κ1) is 13.4. The van der Waals surface area contributed by atoms with Gasteiger partial charge in [-0.05, 0) is 38.3 Å². The predicted octanol–water partition coefficient (Wildman–Crippen LogP) is 3.00. The minimum atomic E-state index is -0.528. The van der Waals surface area contributed by atoms with E-state index in [9.17, 15) is 5.11 Å². The van der Waals surface area contributed by atoms with E-state index in [4.69, 9.17) is 9.47 Å². The van der Waals surface area contributed by atoms with Crippen LogP contribution < -0.4 is 4.74 Å². The third-order valence-electron chi connectivity index (χ3n) is 4.01. The van der Waals surface area contributed by atoms with Gasteiger partial charge < -0.3 is 14.6 Å². The molecule has 0 aromatic heterocycles. The second kappa shape index (κ2) is 5.29. The first-order chi connectivity index (χ1) is 8.60. The van der Waals surface area contributed by atoms with Crippen molar-refractivity contribution in [3.63, 3.8) is 0 Å². The molecule has 1 aromatic rings. The monoisotopic (exact) mass is 250 g/mol. The van der Waals surface area contributed by atoms with E-state index in [-0.39, 0.29) is 5.60 Å². The smallest absolute Gasteiger partial charge is 0.124 e. The van der Waals surface area contributed by atoms with Crippen molar-refractivity contribution in [3.8, 4) is 5.75 Å². The molecule has 1 unspecified atom stereocenters. The lowest BCUT2D eigenvalue weighted by Gasteiger charge is -2.42. The Morgan fingerprint density at radius 3 is 2.56 bits per heavy atom. The van der Waals surface area contributed by atoms with E-state index in [0.29, 0.717) is 6.42 Å². The Kier molecular flexibility index (Phi) is 3.93. The average Bonchev–Trinajstić information content (AvgIpc) is 2.33. The quantitative estimate of drug-likeness (QED) is 0.873. The Morgan fingerprint density at radius 2 is 2.06 bits per heavy atom. The van der Waals surface area contributed by atoms with Crippen molar-refractivity contribution >= 4 is 0 Å². The van der Waals surface area contributed by atoms with Crippen molar-refractivity contribution in [1.82, 2.24) is 0 Å². The van der Waals surface area contributed by atoms with Crippen LogP contribution in [-0.2, 0) is 4.74 Å². The minimum absolute atomic E-state index is 0.131. The van der Waals surface area contributed by atoms with Crippen molar-refractivity contribution < 1.29 is 14.6 Å². The Hall–Kier alpha value is -1.06. The summed E-state index contributed by atoms with van der Waals surface area (Å²) in [4.78, 5) is 0. The summed E-state index contributed by atoms with van der Waals surface area (Å²) in [7, 11) is 3.37. The summed E-state index contributed by atoms with van der Waals surface area (Å²) in [5, 5.41) is 10.4. The molecule has 1 aliphatic rings. The van der Waals surface area contributed by atoms with Crippen LogP contribution in [0.2, 0.25) is 0 Å². The summed E-state index contributed by atoms with van der Waals surface area (Å²) in [6, 6.07) is 5.89. The van der Waals surface area contributed by atoms with E-state index in [0.717, 1.165) is 29.7 Å². The highest BCUT2D eigenvalue weighted by molar-refractivity contribution is 5.38.